The predicted octanol–water partition coefficient (Wildman–Crippen LogP) is 3.20. The number of hydrogen-bond donors (Lipinski definition) is 2. The van der Waals surface area contributed by atoms with Gasteiger partial charge in [0, 0.05) is 50.1 Å². The highest BCUT2D eigenvalue weighted by Crippen LogP contribution is 2.16. The predicted molar refractivity (Wildman–Crippen MR) is 119 cm³/mol. The second-order valence-corrected chi connectivity index (χ2v) is 7.34. The van der Waals surface area contributed by atoms with Gasteiger partial charge in [0.15, 0.2) is 0 Å². The monoisotopic (exact) mass is 410 g/mol. The number of piperazine rings is 1. The molecular weight excluding hydrogens is 380 g/mol. The smallest absolute Gasteiger partial charge is 0.338 e. The fraction of sp³-hybridized carbons (Fsp3) is 0.391. The van der Waals surface area contributed by atoms with Crippen LogP contribution in [0.2, 0.25) is 0 Å². The van der Waals surface area contributed by atoms with Crippen LogP contribution in [0.5, 0.6) is 0 Å². The highest BCUT2D eigenvalue weighted by molar-refractivity contribution is 5.92. The highest BCUT2D eigenvalue weighted by atomic mass is 16.5. The number of carbonyl (C=O) groups is 2. The molecule has 7 nitrogen and oxygen atoms in total. The van der Waals surface area contributed by atoms with Gasteiger partial charge in [-0.2, -0.15) is 0 Å². The van der Waals surface area contributed by atoms with E-state index in [2.05, 4.69) is 51.6 Å². The zero-order valence-corrected chi connectivity index (χ0v) is 17.6. The number of anilines is 2. The number of urea groups is 1. The lowest BCUT2D eigenvalue weighted by Crippen LogP contribution is -2.52. The van der Waals surface area contributed by atoms with Gasteiger partial charge in [-0.3, -0.25) is 4.90 Å². The van der Waals surface area contributed by atoms with E-state index >= 15 is 0 Å². The van der Waals surface area contributed by atoms with Crippen molar-refractivity contribution in [3.63, 3.8) is 0 Å². The lowest BCUT2D eigenvalue weighted by Gasteiger charge is -2.39. The van der Waals surface area contributed by atoms with Crippen molar-refractivity contribution in [3.8, 4) is 0 Å². The first-order valence-corrected chi connectivity index (χ1v) is 10.4. The molecule has 0 aromatic heterocycles. The third-order valence-electron chi connectivity index (χ3n) is 5.27. The van der Waals surface area contributed by atoms with E-state index in [1.165, 1.54) is 5.69 Å². The fourth-order valence-electron chi connectivity index (χ4n) is 3.51. The molecule has 1 saturated heterocycles. The maximum absolute atomic E-state index is 12.2. The van der Waals surface area contributed by atoms with E-state index in [-0.39, 0.29) is 18.0 Å². The molecule has 0 spiro atoms. The first kappa shape index (κ1) is 21.6. The van der Waals surface area contributed by atoms with Crippen LogP contribution < -0.4 is 15.5 Å². The van der Waals surface area contributed by atoms with Gasteiger partial charge in [-0.1, -0.05) is 18.2 Å². The minimum atomic E-state index is -0.366. The van der Waals surface area contributed by atoms with Crippen molar-refractivity contribution in [1.82, 2.24) is 10.2 Å². The highest BCUT2D eigenvalue weighted by Gasteiger charge is 2.21. The first-order valence-electron chi connectivity index (χ1n) is 10.4. The minimum absolute atomic E-state index is 0.250. The fourth-order valence-corrected chi connectivity index (χ4v) is 3.51. The van der Waals surface area contributed by atoms with Crippen LogP contribution in [0.3, 0.4) is 0 Å². The van der Waals surface area contributed by atoms with Gasteiger partial charge < -0.3 is 20.3 Å². The van der Waals surface area contributed by atoms with E-state index in [9.17, 15) is 9.59 Å². The van der Waals surface area contributed by atoms with Gasteiger partial charge in [0.05, 0.1) is 12.2 Å². The van der Waals surface area contributed by atoms with E-state index < -0.39 is 0 Å². The number of carbonyl (C=O) groups excluding carboxylic acids is 2. The molecule has 2 amide bonds. The van der Waals surface area contributed by atoms with E-state index in [0.717, 1.165) is 26.2 Å². The van der Waals surface area contributed by atoms with Gasteiger partial charge in [0.2, 0.25) is 0 Å². The topological polar surface area (TPSA) is 73.9 Å². The van der Waals surface area contributed by atoms with Crippen LogP contribution in [0.1, 0.15) is 24.2 Å². The Hall–Kier alpha value is -3.06. The molecule has 1 aliphatic rings. The molecule has 0 saturated carbocycles. The van der Waals surface area contributed by atoms with Crippen molar-refractivity contribution in [2.45, 2.75) is 19.9 Å². The van der Waals surface area contributed by atoms with Gasteiger partial charge in [-0.05, 0) is 50.2 Å². The molecule has 1 heterocycles. The van der Waals surface area contributed by atoms with E-state index in [1.54, 1.807) is 31.2 Å². The van der Waals surface area contributed by atoms with Gasteiger partial charge in [0.1, 0.15) is 0 Å². The van der Waals surface area contributed by atoms with E-state index in [0.29, 0.717) is 24.4 Å². The lowest BCUT2D eigenvalue weighted by molar-refractivity contribution is 0.0526. The normalized spacial score (nSPS) is 15.3. The average molecular weight is 411 g/mol. The summed E-state index contributed by atoms with van der Waals surface area (Å²) in [6.45, 7) is 8.69. The minimum Gasteiger partial charge on any atom is -0.462 e. The Morgan fingerprint density at radius 2 is 1.67 bits per heavy atom. The van der Waals surface area contributed by atoms with Crippen molar-refractivity contribution in [1.29, 1.82) is 0 Å². The summed E-state index contributed by atoms with van der Waals surface area (Å²) in [7, 11) is 0. The Morgan fingerprint density at radius 1 is 1.00 bits per heavy atom. The number of nitrogens with one attached hydrogen (secondary N) is 2. The van der Waals surface area contributed by atoms with Gasteiger partial charge in [-0.15, -0.1) is 0 Å². The average Bonchev–Trinajstić information content (AvgIpc) is 2.79. The van der Waals surface area contributed by atoms with Crippen molar-refractivity contribution in [2.75, 3.05) is 49.5 Å². The number of nitrogens with zero attached hydrogens (tertiary/aromatic N) is 2. The van der Waals surface area contributed by atoms with Crippen molar-refractivity contribution >= 4 is 23.4 Å². The molecule has 0 aliphatic carbocycles. The molecule has 160 valence electrons. The van der Waals surface area contributed by atoms with Gasteiger partial charge in [0.25, 0.3) is 0 Å². The second-order valence-electron chi connectivity index (χ2n) is 7.34. The first-order chi connectivity index (χ1) is 14.6. The summed E-state index contributed by atoms with van der Waals surface area (Å²) < 4.78 is 4.96. The molecule has 1 fully saturated rings. The third-order valence-corrected chi connectivity index (χ3v) is 5.27. The molecule has 0 bridgehead atoms. The second kappa shape index (κ2) is 10.6. The molecule has 2 aromatic rings. The van der Waals surface area contributed by atoms with Crippen LogP contribution in [0.4, 0.5) is 16.2 Å². The number of para-hydroxylation sites is 1. The standard InChI is InChI=1S/C23H30N4O3/c1-3-30-22(28)19-9-11-20(12-10-19)25-23(29)24-17-18(2)26-13-15-27(16-14-26)21-7-5-4-6-8-21/h4-12,18H,3,13-17H2,1-2H3,(H2,24,25,29)/t18-/m0/s1. The quantitative estimate of drug-likeness (QED) is 0.686. The SMILES string of the molecule is CCOC(=O)c1ccc(NC(=O)NC[C@H](C)N2CCN(c3ccccc3)CC2)cc1. The Morgan fingerprint density at radius 3 is 2.30 bits per heavy atom. The van der Waals surface area contributed by atoms with Crippen LogP contribution in [0.15, 0.2) is 54.6 Å². The Labute approximate surface area is 178 Å². The summed E-state index contributed by atoms with van der Waals surface area (Å²) in [5.74, 6) is -0.366. The van der Waals surface area contributed by atoms with E-state index in [1.807, 2.05) is 6.07 Å². The summed E-state index contributed by atoms with van der Waals surface area (Å²) in [5, 5.41) is 5.73. The molecule has 3 rings (SSSR count). The molecule has 1 atom stereocenters. The summed E-state index contributed by atoms with van der Waals surface area (Å²) >= 11 is 0. The number of hydrogen-bond acceptors (Lipinski definition) is 5. The molecule has 30 heavy (non-hydrogen) atoms. The van der Waals surface area contributed by atoms with Crippen molar-refractivity contribution in [2.24, 2.45) is 0 Å². The van der Waals surface area contributed by atoms with E-state index in [4.69, 9.17) is 4.74 Å². The number of esters is 1. The molecule has 2 aromatic carbocycles. The van der Waals surface area contributed by atoms with Crippen LogP contribution in [-0.2, 0) is 4.74 Å². The zero-order chi connectivity index (χ0) is 21.3. The number of ether oxygens (including phenoxy) is 1. The maximum atomic E-state index is 12.2. The summed E-state index contributed by atoms with van der Waals surface area (Å²) in [5.41, 5.74) is 2.35. The van der Waals surface area contributed by atoms with Crippen LogP contribution >= 0.6 is 0 Å². The summed E-state index contributed by atoms with van der Waals surface area (Å²) in [6.07, 6.45) is 0. The Bertz CT molecular complexity index is 818. The van der Waals surface area contributed by atoms with Crippen molar-refractivity contribution < 1.29 is 14.3 Å². The number of rotatable bonds is 7. The molecule has 1 aliphatic heterocycles. The molecule has 7 heteroatoms. The zero-order valence-electron chi connectivity index (χ0n) is 17.6. The van der Waals surface area contributed by atoms with Gasteiger partial charge in [-0.25, -0.2) is 9.59 Å². The van der Waals surface area contributed by atoms with Crippen LogP contribution in [0, 0.1) is 0 Å². The maximum Gasteiger partial charge on any atom is 0.338 e. The van der Waals surface area contributed by atoms with Gasteiger partial charge >= 0.3 is 12.0 Å². The lowest BCUT2D eigenvalue weighted by atomic mass is 10.2. The van der Waals surface area contributed by atoms with Crippen LogP contribution in [-0.4, -0.2) is 62.3 Å². The largest absolute Gasteiger partial charge is 0.462 e. The summed E-state index contributed by atoms with van der Waals surface area (Å²) in [6, 6.07) is 17.1. The van der Waals surface area contributed by atoms with Crippen LogP contribution in [0.25, 0.3) is 0 Å². The molecular formula is C23H30N4O3. The number of benzene rings is 2. The summed E-state index contributed by atoms with van der Waals surface area (Å²) in [4.78, 5) is 28.7. The Kier molecular flexibility index (Phi) is 7.68. The third kappa shape index (κ3) is 5.97. The molecule has 0 unspecified atom stereocenters. The molecule has 2 N–H and O–H groups in total. The Balaban J connectivity index is 1.40. The molecule has 0 radical (unpaired) electrons. The van der Waals surface area contributed by atoms with Crippen molar-refractivity contribution in [3.05, 3.63) is 60.2 Å². The number of amides is 2.